The Labute approximate surface area is 271 Å². The number of rotatable bonds is 13. The number of aliphatic hydroxyl groups excluding tert-OH is 1. The first kappa shape index (κ1) is 32.8. The smallest absolute Gasteiger partial charge is 0.251 e. The SMILES string of the molecule is C=CCN(C(=O)[C@@H]1[C@H]2C(=O)N(CCCO)C(C(=O)N(CC=C)c3cc(C)ccc3C)C23CC[C@@]1(C)S3)c1ccc(OCC)cc1. The first-order chi connectivity index (χ1) is 21.6. The third-order valence-electron chi connectivity index (χ3n) is 9.60. The molecule has 1 N–H and O–H groups in total. The van der Waals surface area contributed by atoms with E-state index >= 15 is 0 Å². The first-order valence-corrected chi connectivity index (χ1v) is 16.6. The fraction of sp³-hybridized carbons (Fsp3) is 0.472. The van der Waals surface area contributed by atoms with Crippen LogP contribution in [-0.4, -0.2) is 76.1 Å². The number of likely N-dealkylation sites (tertiary alicyclic amines) is 1. The van der Waals surface area contributed by atoms with Crippen LogP contribution in [0.1, 0.15) is 44.2 Å². The lowest BCUT2D eigenvalue weighted by Gasteiger charge is -2.38. The number of aliphatic hydroxyl groups is 1. The number of benzene rings is 2. The van der Waals surface area contributed by atoms with Crippen LogP contribution >= 0.6 is 11.8 Å². The standard InChI is InChI=1S/C36H45N3O5S/c1-7-19-37(26-13-15-27(16-14-26)44-9-3)32(41)29-30-33(42)39(21-10-22-40)31(36(30)18-17-35(29,6)45-36)34(43)38(20-8-2)28-23-24(4)11-12-25(28)5/h7-8,11-16,23,29-31,40H,1-2,9-10,17-22H2,3-6H3/t29-,30-,31?,35+,36?/m0/s1. The normalized spacial score (nSPS) is 26.5. The molecule has 3 aliphatic heterocycles. The van der Waals surface area contributed by atoms with Gasteiger partial charge in [0, 0.05) is 42.4 Å². The van der Waals surface area contributed by atoms with Crippen molar-refractivity contribution in [3.8, 4) is 5.75 Å². The maximum Gasteiger partial charge on any atom is 0.251 e. The Balaban J connectivity index is 1.57. The Morgan fingerprint density at radius 2 is 1.76 bits per heavy atom. The minimum absolute atomic E-state index is 0.103. The van der Waals surface area contributed by atoms with Gasteiger partial charge >= 0.3 is 0 Å². The molecule has 3 amide bonds. The Morgan fingerprint density at radius 1 is 1.07 bits per heavy atom. The van der Waals surface area contributed by atoms with Gasteiger partial charge in [0.25, 0.3) is 5.91 Å². The number of aryl methyl sites for hydroxylation is 2. The summed E-state index contributed by atoms with van der Waals surface area (Å²) in [6.45, 7) is 17.1. The topological polar surface area (TPSA) is 90.4 Å². The van der Waals surface area contributed by atoms with E-state index in [0.717, 1.165) is 16.8 Å². The molecule has 45 heavy (non-hydrogen) atoms. The molecule has 0 radical (unpaired) electrons. The van der Waals surface area contributed by atoms with Crippen LogP contribution in [0.25, 0.3) is 0 Å². The lowest BCUT2D eigenvalue weighted by molar-refractivity contribution is -0.139. The quantitative estimate of drug-likeness (QED) is 0.302. The number of thioether (sulfide) groups is 1. The zero-order valence-corrected chi connectivity index (χ0v) is 27.6. The average Bonchev–Trinajstić information content (AvgIpc) is 3.59. The fourth-order valence-corrected chi connectivity index (χ4v) is 10.0. The van der Waals surface area contributed by atoms with Crippen LogP contribution in [0.15, 0.2) is 67.8 Å². The molecule has 2 aromatic carbocycles. The molecular weight excluding hydrogens is 586 g/mol. The third-order valence-corrected chi connectivity index (χ3v) is 11.6. The summed E-state index contributed by atoms with van der Waals surface area (Å²) in [6.07, 6.45) is 5.12. The molecule has 0 saturated carbocycles. The second-order valence-electron chi connectivity index (χ2n) is 12.5. The molecule has 240 valence electrons. The lowest BCUT2D eigenvalue weighted by Crippen LogP contribution is -2.55. The van der Waals surface area contributed by atoms with E-state index in [1.165, 1.54) is 0 Å². The molecule has 2 aromatic rings. The summed E-state index contributed by atoms with van der Waals surface area (Å²) < 4.78 is 4.32. The largest absolute Gasteiger partial charge is 0.494 e. The number of fused-ring (bicyclic) bond motifs is 1. The molecule has 9 heteroatoms. The molecule has 2 unspecified atom stereocenters. The Morgan fingerprint density at radius 3 is 2.40 bits per heavy atom. The molecule has 2 bridgehead atoms. The van der Waals surface area contributed by atoms with Gasteiger partial charge in [-0.2, -0.15) is 0 Å². The lowest BCUT2D eigenvalue weighted by atomic mass is 9.66. The van der Waals surface area contributed by atoms with Gasteiger partial charge in [0.2, 0.25) is 11.8 Å². The van der Waals surface area contributed by atoms with Gasteiger partial charge < -0.3 is 24.5 Å². The molecule has 0 aromatic heterocycles. The zero-order chi connectivity index (χ0) is 32.5. The van der Waals surface area contributed by atoms with Gasteiger partial charge in [-0.05, 0) is 88.4 Å². The summed E-state index contributed by atoms with van der Waals surface area (Å²) in [4.78, 5) is 49.2. The van der Waals surface area contributed by atoms with Gasteiger partial charge in [-0.25, -0.2) is 0 Å². The van der Waals surface area contributed by atoms with E-state index in [1.807, 2.05) is 63.2 Å². The average molecular weight is 632 g/mol. The van der Waals surface area contributed by atoms with E-state index in [-0.39, 0.29) is 44.0 Å². The predicted molar refractivity (Wildman–Crippen MR) is 181 cm³/mol. The third kappa shape index (κ3) is 5.58. The number of nitrogens with zero attached hydrogens (tertiary/aromatic N) is 3. The van der Waals surface area contributed by atoms with Crippen molar-refractivity contribution >= 4 is 40.9 Å². The highest BCUT2D eigenvalue weighted by molar-refractivity contribution is 8.02. The van der Waals surface area contributed by atoms with Crippen LogP contribution in [0.5, 0.6) is 5.75 Å². The molecule has 5 atom stereocenters. The second kappa shape index (κ2) is 13.0. The number of ether oxygens (including phenoxy) is 1. The van der Waals surface area contributed by atoms with Crippen molar-refractivity contribution in [2.75, 3.05) is 42.6 Å². The van der Waals surface area contributed by atoms with E-state index in [2.05, 4.69) is 20.1 Å². The van der Waals surface area contributed by atoms with Crippen LogP contribution in [0.4, 0.5) is 11.4 Å². The van der Waals surface area contributed by atoms with Gasteiger partial charge in [0.05, 0.1) is 23.2 Å². The Bertz CT molecular complexity index is 1480. The maximum absolute atomic E-state index is 14.9. The van der Waals surface area contributed by atoms with Crippen molar-refractivity contribution in [2.45, 2.75) is 62.5 Å². The van der Waals surface area contributed by atoms with E-state index in [1.54, 1.807) is 38.6 Å². The number of hydrogen-bond donors (Lipinski definition) is 1. The van der Waals surface area contributed by atoms with E-state index < -0.39 is 27.4 Å². The highest BCUT2D eigenvalue weighted by Gasteiger charge is 2.77. The van der Waals surface area contributed by atoms with Crippen molar-refractivity contribution in [2.24, 2.45) is 11.8 Å². The van der Waals surface area contributed by atoms with Crippen molar-refractivity contribution in [1.29, 1.82) is 0 Å². The summed E-state index contributed by atoms with van der Waals surface area (Å²) in [7, 11) is 0. The predicted octanol–water partition coefficient (Wildman–Crippen LogP) is 5.30. The fourth-order valence-electron chi connectivity index (χ4n) is 7.67. The highest BCUT2D eigenvalue weighted by atomic mass is 32.2. The number of amides is 3. The van der Waals surface area contributed by atoms with Crippen LogP contribution in [-0.2, 0) is 14.4 Å². The minimum atomic E-state index is -0.774. The summed E-state index contributed by atoms with van der Waals surface area (Å²) >= 11 is 1.65. The summed E-state index contributed by atoms with van der Waals surface area (Å²) in [5, 5.41) is 9.77. The summed E-state index contributed by atoms with van der Waals surface area (Å²) in [5.41, 5.74) is 3.48. The molecule has 3 aliphatic rings. The Kier molecular flexibility index (Phi) is 9.52. The molecule has 3 saturated heterocycles. The van der Waals surface area contributed by atoms with Crippen molar-refractivity contribution < 1.29 is 24.2 Å². The van der Waals surface area contributed by atoms with Crippen LogP contribution < -0.4 is 14.5 Å². The first-order valence-electron chi connectivity index (χ1n) is 15.8. The molecular formula is C36H45N3O5S. The molecule has 3 fully saturated rings. The van der Waals surface area contributed by atoms with Gasteiger partial charge in [-0.15, -0.1) is 24.9 Å². The van der Waals surface area contributed by atoms with Gasteiger partial charge in [-0.1, -0.05) is 24.3 Å². The van der Waals surface area contributed by atoms with Gasteiger partial charge in [0.1, 0.15) is 11.8 Å². The minimum Gasteiger partial charge on any atom is -0.494 e. The van der Waals surface area contributed by atoms with E-state index in [9.17, 15) is 19.5 Å². The number of carbonyl (C=O) groups excluding carboxylic acids is 3. The Hall–Kier alpha value is -3.56. The maximum atomic E-state index is 14.9. The molecule has 0 aliphatic carbocycles. The number of carbonyl (C=O) groups is 3. The monoisotopic (exact) mass is 631 g/mol. The zero-order valence-electron chi connectivity index (χ0n) is 26.8. The second-order valence-corrected chi connectivity index (χ2v) is 14.4. The van der Waals surface area contributed by atoms with Gasteiger partial charge in [-0.3, -0.25) is 14.4 Å². The molecule has 3 heterocycles. The van der Waals surface area contributed by atoms with E-state index in [0.29, 0.717) is 37.3 Å². The van der Waals surface area contributed by atoms with Crippen molar-refractivity contribution in [1.82, 2.24) is 4.90 Å². The molecule has 5 rings (SSSR count). The summed E-state index contributed by atoms with van der Waals surface area (Å²) in [5.74, 6) is -1.06. The van der Waals surface area contributed by atoms with Crippen LogP contribution in [0.2, 0.25) is 0 Å². The van der Waals surface area contributed by atoms with Crippen molar-refractivity contribution in [3.63, 3.8) is 0 Å². The summed E-state index contributed by atoms with van der Waals surface area (Å²) in [6, 6.07) is 12.6. The van der Waals surface area contributed by atoms with Crippen molar-refractivity contribution in [3.05, 3.63) is 78.9 Å². The highest BCUT2D eigenvalue weighted by Crippen LogP contribution is 2.71. The molecule has 1 spiro atoms. The van der Waals surface area contributed by atoms with Crippen LogP contribution in [0.3, 0.4) is 0 Å². The van der Waals surface area contributed by atoms with Crippen LogP contribution in [0, 0.1) is 25.7 Å². The van der Waals surface area contributed by atoms with Gasteiger partial charge in [0.15, 0.2) is 0 Å². The molecule has 8 nitrogen and oxygen atoms in total. The van der Waals surface area contributed by atoms with E-state index in [4.69, 9.17) is 4.74 Å². The number of hydrogen-bond acceptors (Lipinski definition) is 6. The number of anilines is 2.